The minimum Gasteiger partial charge on any atom is -0.497 e. The van der Waals surface area contributed by atoms with Crippen LogP contribution >= 0.6 is 0 Å². The van der Waals surface area contributed by atoms with Crippen LogP contribution in [-0.4, -0.2) is 44.1 Å². The van der Waals surface area contributed by atoms with Crippen molar-refractivity contribution in [2.75, 3.05) is 26.7 Å². The van der Waals surface area contributed by atoms with Crippen molar-refractivity contribution in [3.05, 3.63) is 65.7 Å². The molecular weight excluding hydrogens is 378 g/mol. The second kappa shape index (κ2) is 10.8. The van der Waals surface area contributed by atoms with Gasteiger partial charge in [-0.05, 0) is 51.0 Å². The van der Waals surface area contributed by atoms with Crippen molar-refractivity contribution < 1.29 is 19.2 Å². The molecule has 0 saturated carbocycles. The second-order valence-electron chi connectivity index (χ2n) is 8.44. The lowest BCUT2D eigenvalue weighted by Crippen LogP contribution is -3.14. The SMILES string of the molecule is CC[NH+](CC(=O)N[C@@H](c1ccccc1)c1ccc(OC)cc1)CC(=O)NC(C)(C)C. The number of likely N-dealkylation sites (N-methyl/N-ethyl adjacent to an activating group) is 1. The summed E-state index contributed by atoms with van der Waals surface area (Å²) in [5, 5.41) is 6.10. The average molecular weight is 413 g/mol. The number of methoxy groups -OCH3 is 1. The molecule has 2 aromatic carbocycles. The van der Waals surface area contributed by atoms with Crippen LogP contribution in [0.25, 0.3) is 0 Å². The molecule has 0 aromatic heterocycles. The van der Waals surface area contributed by atoms with Gasteiger partial charge in [0.05, 0.1) is 19.7 Å². The minimum atomic E-state index is -0.287. The predicted molar refractivity (Wildman–Crippen MR) is 119 cm³/mol. The van der Waals surface area contributed by atoms with Gasteiger partial charge in [-0.15, -0.1) is 0 Å². The van der Waals surface area contributed by atoms with Crippen molar-refractivity contribution in [2.45, 2.75) is 39.3 Å². The zero-order valence-electron chi connectivity index (χ0n) is 18.6. The maximum atomic E-state index is 12.9. The Bertz CT molecular complexity index is 814. The number of ether oxygens (including phenoxy) is 1. The average Bonchev–Trinajstić information content (AvgIpc) is 2.71. The van der Waals surface area contributed by atoms with Gasteiger partial charge in [0.25, 0.3) is 11.8 Å². The van der Waals surface area contributed by atoms with Crippen molar-refractivity contribution in [3.8, 4) is 5.75 Å². The van der Waals surface area contributed by atoms with Gasteiger partial charge < -0.3 is 20.3 Å². The summed E-state index contributed by atoms with van der Waals surface area (Å²) in [4.78, 5) is 26.0. The van der Waals surface area contributed by atoms with E-state index < -0.39 is 0 Å². The Morgan fingerprint density at radius 3 is 2.03 bits per heavy atom. The molecule has 0 heterocycles. The molecule has 30 heavy (non-hydrogen) atoms. The third-order valence-corrected chi connectivity index (χ3v) is 4.72. The molecule has 3 N–H and O–H groups in total. The Morgan fingerprint density at radius 1 is 0.933 bits per heavy atom. The van der Waals surface area contributed by atoms with Crippen LogP contribution in [0.2, 0.25) is 0 Å². The summed E-state index contributed by atoms with van der Waals surface area (Å²) in [5.74, 6) is 0.616. The zero-order chi connectivity index (χ0) is 22.1. The molecule has 2 atom stereocenters. The topological polar surface area (TPSA) is 71.9 Å². The molecule has 0 aliphatic rings. The molecule has 6 heteroatoms. The molecule has 0 fully saturated rings. The molecule has 0 aliphatic carbocycles. The van der Waals surface area contributed by atoms with Crippen LogP contribution < -0.4 is 20.3 Å². The lowest BCUT2D eigenvalue weighted by atomic mass is 9.98. The fourth-order valence-electron chi connectivity index (χ4n) is 3.24. The fourth-order valence-corrected chi connectivity index (χ4v) is 3.24. The normalized spacial score (nSPS) is 13.2. The molecular formula is C24H34N3O3+. The van der Waals surface area contributed by atoms with E-state index in [1.54, 1.807) is 7.11 Å². The van der Waals surface area contributed by atoms with E-state index in [2.05, 4.69) is 10.6 Å². The Morgan fingerprint density at radius 2 is 1.50 bits per heavy atom. The molecule has 0 radical (unpaired) electrons. The number of carbonyl (C=O) groups is 2. The van der Waals surface area contributed by atoms with Gasteiger partial charge in [0, 0.05) is 5.54 Å². The van der Waals surface area contributed by atoms with Crippen LogP contribution in [-0.2, 0) is 9.59 Å². The molecule has 2 amide bonds. The quantitative estimate of drug-likeness (QED) is 0.587. The van der Waals surface area contributed by atoms with Crippen LogP contribution in [0.3, 0.4) is 0 Å². The molecule has 1 unspecified atom stereocenters. The van der Waals surface area contributed by atoms with Gasteiger partial charge in [-0.1, -0.05) is 42.5 Å². The molecule has 0 aliphatic heterocycles. The van der Waals surface area contributed by atoms with E-state index in [1.165, 1.54) is 0 Å². The number of hydrogen-bond donors (Lipinski definition) is 3. The lowest BCUT2D eigenvalue weighted by molar-refractivity contribution is -0.881. The van der Waals surface area contributed by atoms with Crippen LogP contribution in [0.5, 0.6) is 5.75 Å². The Hall–Kier alpha value is -2.86. The molecule has 0 spiro atoms. The largest absolute Gasteiger partial charge is 0.497 e. The lowest BCUT2D eigenvalue weighted by Gasteiger charge is -2.24. The summed E-state index contributed by atoms with van der Waals surface area (Å²) in [6, 6.07) is 17.3. The van der Waals surface area contributed by atoms with E-state index in [1.807, 2.05) is 82.3 Å². The van der Waals surface area contributed by atoms with Crippen LogP contribution in [0, 0.1) is 0 Å². The first-order valence-corrected chi connectivity index (χ1v) is 10.3. The highest BCUT2D eigenvalue weighted by molar-refractivity contribution is 5.79. The number of nitrogens with one attached hydrogen (secondary N) is 3. The Labute approximate surface area is 179 Å². The smallest absolute Gasteiger partial charge is 0.275 e. The minimum absolute atomic E-state index is 0.0538. The fraction of sp³-hybridized carbons (Fsp3) is 0.417. The molecule has 0 bridgehead atoms. The molecule has 2 rings (SSSR count). The van der Waals surface area contributed by atoms with Crippen molar-refractivity contribution in [3.63, 3.8) is 0 Å². The standard InChI is InChI=1S/C24H33N3O3/c1-6-27(17-22(29)26-24(2,3)4)16-21(28)25-23(18-10-8-7-9-11-18)19-12-14-20(30-5)15-13-19/h7-15,23H,6,16-17H2,1-5H3,(H,25,28)(H,26,29)/p+1/t23-/m0/s1. The number of benzene rings is 2. The predicted octanol–water partition coefficient (Wildman–Crippen LogP) is 1.72. The first kappa shape index (κ1) is 23.4. The van der Waals surface area contributed by atoms with Crippen LogP contribution in [0.4, 0.5) is 0 Å². The Balaban J connectivity index is 2.10. The first-order valence-electron chi connectivity index (χ1n) is 10.3. The number of amides is 2. The maximum Gasteiger partial charge on any atom is 0.275 e. The number of carbonyl (C=O) groups excluding carboxylic acids is 2. The van der Waals surface area contributed by atoms with Crippen molar-refractivity contribution in [2.24, 2.45) is 0 Å². The number of quaternary nitrogens is 1. The highest BCUT2D eigenvalue weighted by Gasteiger charge is 2.23. The van der Waals surface area contributed by atoms with E-state index in [9.17, 15) is 9.59 Å². The summed E-state index contributed by atoms with van der Waals surface area (Å²) in [5.41, 5.74) is 1.68. The van der Waals surface area contributed by atoms with E-state index in [0.717, 1.165) is 21.8 Å². The maximum absolute atomic E-state index is 12.9. The molecule has 6 nitrogen and oxygen atoms in total. The highest BCUT2D eigenvalue weighted by Crippen LogP contribution is 2.24. The third-order valence-electron chi connectivity index (χ3n) is 4.72. The summed E-state index contributed by atoms with van der Waals surface area (Å²) in [6.45, 7) is 9.00. The van der Waals surface area contributed by atoms with Gasteiger partial charge in [0.15, 0.2) is 13.1 Å². The first-order chi connectivity index (χ1) is 14.2. The monoisotopic (exact) mass is 412 g/mol. The van der Waals surface area contributed by atoms with E-state index in [-0.39, 0.29) is 36.5 Å². The van der Waals surface area contributed by atoms with E-state index in [4.69, 9.17) is 4.74 Å². The van der Waals surface area contributed by atoms with E-state index >= 15 is 0 Å². The second-order valence-corrected chi connectivity index (χ2v) is 8.44. The van der Waals surface area contributed by atoms with E-state index in [0.29, 0.717) is 6.54 Å². The summed E-state index contributed by atoms with van der Waals surface area (Å²) in [6.07, 6.45) is 0. The van der Waals surface area contributed by atoms with Gasteiger partial charge in [0.1, 0.15) is 5.75 Å². The van der Waals surface area contributed by atoms with Gasteiger partial charge in [0.2, 0.25) is 0 Å². The van der Waals surface area contributed by atoms with Gasteiger partial charge in [-0.2, -0.15) is 0 Å². The Kier molecular flexibility index (Phi) is 8.42. The zero-order valence-corrected chi connectivity index (χ0v) is 18.6. The van der Waals surface area contributed by atoms with Crippen LogP contribution in [0.1, 0.15) is 44.9 Å². The van der Waals surface area contributed by atoms with Gasteiger partial charge >= 0.3 is 0 Å². The molecule has 0 saturated heterocycles. The van der Waals surface area contributed by atoms with Crippen molar-refractivity contribution in [1.29, 1.82) is 0 Å². The molecule has 2 aromatic rings. The highest BCUT2D eigenvalue weighted by atomic mass is 16.5. The van der Waals surface area contributed by atoms with Crippen molar-refractivity contribution >= 4 is 11.8 Å². The number of rotatable bonds is 9. The summed E-state index contributed by atoms with van der Waals surface area (Å²) < 4.78 is 5.25. The third kappa shape index (κ3) is 7.52. The molecule has 162 valence electrons. The van der Waals surface area contributed by atoms with Gasteiger partial charge in [-0.3, -0.25) is 9.59 Å². The number of hydrogen-bond acceptors (Lipinski definition) is 3. The summed E-state index contributed by atoms with van der Waals surface area (Å²) >= 11 is 0. The van der Waals surface area contributed by atoms with Crippen LogP contribution in [0.15, 0.2) is 54.6 Å². The van der Waals surface area contributed by atoms with Gasteiger partial charge in [-0.25, -0.2) is 0 Å². The van der Waals surface area contributed by atoms with Crippen molar-refractivity contribution in [1.82, 2.24) is 10.6 Å². The summed E-state index contributed by atoms with van der Waals surface area (Å²) in [7, 11) is 1.63.